The minimum absolute atomic E-state index is 0.172. The fourth-order valence-corrected chi connectivity index (χ4v) is 2.16. The molecule has 0 aliphatic heterocycles. The lowest BCUT2D eigenvalue weighted by molar-refractivity contribution is -0.145. The number of nitrogens with zero attached hydrogens (tertiary/aromatic N) is 1. The summed E-state index contributed by atoms with van der Waals surface area (Å²) in [6.07, 6.45) is 1.92. The van der Waals surface area contributed by atoms with E-state index in [-0.39, 0.29) is 5.92 Å². The summed E-state index contributed by atoms with van der Waals surface area (Å²) in [5.74, 6) is -0.138. The molecule has 0 saturated heterocycles. The van der Waals surface area contributed by atoms with Gasteiger partial charge in [-0.3, -0.25) is 4.79 Å². The zero-order valence-electron chi connectivity index (χ0n) is 10.6. The molecule has 4 nitrogen and oxygen atoms in total. The maximum atomic E-state index is 11.3. The summed E-state index contributed by atoms with van der Waals surface area (Å²) in [6.45, 7) is 8.57. The Hall–Kier alpha value is -0.610. The van der Waals surface area contributed by atoms with E-state index in [1.165, 1.54) is 0 Å². The molecule has 1 aliphatic carbocycles. The van der Waals surface area contributed by atoms with Crippen molar-refractivity contribution in [3.63, 3.8) is 0 Å². The van der Waals surface area contributed by atoms with E-state index < -0.39 is 11.5 Å². The van der Waals surface area contributed by atoms with Crippen LogP contribution in [-0.4, -0.2) is 41.1 Å². The molecular formula is C12H24N2O2. The Bertz CT molecular complexity index is 251. The SMILES string of the molecule is CCN(CC(C)C)CC(N)(C(=O)O)C1CC1. The second-order valence-electron chi connectivity index (χ2n) is 5.34. The topological polar surface area (TPSA) is 66.6 Å². The van der Waals surface area contributed by atoms with E-state index >= 15 is 0 Å². The van der Waals surface area contributed by atoms with Gasteiger partial charge in [0.1, 0.15) is 5.54 Å². The highest BCUT2D eigenvalue weighted by Crippen LogP contribution is 2.39. The summed E-state index contributed by atoms with van der Waals surface area (Å²) in [7, 11) is 0. The van der Waals surface area contributed by atoms with Crippen LogP contribution in [0.3, 0.4) is 0 Å². The second kappa shape index (κ2) is 5.15. The quantitative estimate of drug-likeness (QED) is 0.686. The lowest BCUT2D eigenvalue weighted by Crippen LogP contribution is -2.58. The van der Waals surface area contributed by atoms with Crippen molar-refractivity contribution in [2.24, 2.45) is 17.6 Å². The summed E-state index contributed by atoms with van der Waals surface area (Å²) >= 11 is 0. The molecule has 94 valence electrons. The Kier molecular flexibility index (Phi) is 4.33. The summed E-state index contributed by atoms with van der Waals surface area (Å²) in [5.41, 5.74) is 5.02. The van der Waals surface area contributed by atoms with Gasteiger partial charge in [-0.1, -0.05) is 20.8 Å². The van der Waals surface area contributed by atoms with Gasteiger partial charge in [0.15, 0.2) is 0 Å². The predicted molar refractivity (Wildman–Crippen MR) is 64.2 cm³/mol. The maximum absolute atomic E-state index is 11.3. The molecule has 16 heavy (non-hydrogen) atoms. The van der Waals surface area contributed by atoms with Gasteiger partial charge in [0.2, 0.25) is 0 Å². The zero-order valence-corrected chi connectivity index (χ0v) is 10.6. The molecule has 1 saturated carbocycles. The lowest BCUT2D eigenvalue weighted by atomic mass is 9.93. The van der Waals surface area contributed by atoms with Crippen LogP contribution < -0.4 is 5.73 Å². The predicted octanol–water partition coefficient (Wildman–Crippen LogP) is 1.16. The molecule has 0 bridgehead atoms. The Labute approximate surface area is 97.8 Å². The number of aliphatic carboxylic acids is 1. The molecule has 0 aromatic heterocycles. The zero-order chi connectivity index (χ0) is 12.3. The van der Waals surface area contributed by atoms with Crippen molar-refractivity contribution in [1.29, 1.82) is 0 Å². The van der Waals surface area contributed by atoms with Gasteiger partial charge in [-0.15, -0.1) is 0 Å². The standard InChI is InChI=1S/C12H24N2O2/c1-4-14(7-9(2)3)8-12(13,11(15)16)10-5-6-10/h9-10H,4-8,13H2,1-3H3,(H,15,16). The average molecular weight is 228 g/mol. The fraction of sp³-hybridized carbons (Fsp3) is 0.917. The fourth-order valence-electron chi connectivity index (χ4n) is 2.16. The van der Waals surface area contributed by atoms with E-state index in [0.717, 1.165) is 25.9 Å². The van der Waals surface area contributed by atoms with Crippen molar-refractivity contribution in [2.45, 2.75) is 39.2 Å². The first-order valence-corrected chi connectivity index (χ1v) is 6.14. The Morgan fingerprint density at radius 2 is 2.12 bits per heavy atom. The normalized spacial score (nSPS) is 20.1. The van der Waals surface area contributed by atoms with Crippen LogP contribution in [0.5, 0.6) is 0 Å². The summed E-state index contributed by atoms with van der Waals surface area (Å²) in [5, 5.41) is 9.27. The Balaban J connectivity index is 2.62. The van der Waals surface area contributed by atoms with Crippen LogP contribution >= 0.6 is 0 Å². The molecule has 3 N–H and O–H groups in total. The number of hydrogen-bond acceptors (Lipinski definition) is 3. The number of hydrogen-bond donors (Lipinski definition) is 2. The molecule has 0 radical (unpaired) electrons. The van der Waals surface area contributed by atoms with Crippen molar-refractivity contribution >= 4 is 5.97 Å². The van der Waals surface area contributed by atoms with Crippen LogP contribution in [-0.2, 0) is 4.79 Å². The third-order valence-corrected chi connectivity index (χ3v) is 3.26. The summed E-state index contributed by atoms with van der Waals surface area (Å²) in [6, 6.07) is 0. The van der Waals surface area contributed by atoms with Gasteiger partial charge >= 0.3 is 5.97 Å². The molecule has 1 atom stereocenters. The summed E-state index contributed by atoms with van der Waals surface area (Å²) in [4.78, 5) is 13.4. The van der Waals surface area contributed by atoms with Gasteiger partial charge in [-0.25, -0.2) is 0 Å². The van der Waals surface area contributed by atoms with Gasteiger partial charge in [0.05, 0.1) is 0 Å². The molecule has 4 heteroatoms. The van der Waals surface area contributed by atoms with E-state index in [9.17, 15) is 9.90 Å². The van der Waals surface area contributed by atoms with Crippen molar-refractivity contribution in [1.82, 2.24) is 4.90 Å². The third-order valence-electron chi connectivity index (χ3n) is 3.26. The molecule has 0 aromatic rings. The third kappa shape index (κ3) is 3.19. The Morgan fingerprint density at radius 3 is 2.44 bits per heavy atom. The van der Waals surface area contributed by atoms with Crippen molar-refractivity contribution in [3.8, 4) is 0 Å². The Morgan fingerprint density at radius 1 is 1.56 bits per heavy atom. The molecular weight excluding hydrogens is 204 g/mol. The number of rotatable bonds is 7. The van der Waals surface area contributed by atoms with Crippen molar-refractivity contribution < 1.29 is 9.90 Å². The van der Waals surface area contributed by atoms with E-state index in [2.05, 4.69) is 25.7 Å². The molecule has 0 aromatic carbocycles. The van der Waals surface area contributed by atoms with E-state index in [1.54, 1.807) is 0 Å². The van der Waals surface area contributed by atoms with Crippen molar-refractivity contribution in [2.75, 3.05) is 19.6 Å². The number of carbonyl (C=O) groups is 1. The minimum Gasteiger partial charge on any atom is -0.480 e. The molecule has 1 fully saturated rings. The summed E-state index contributed by atoms with van der Waals surface area (Å²) < 4.78 is 0. The van der Waals surface area contributed by atoms with Crippen molar-refractivity contribution in [3.05, 3.63) is 0 Å². The van der Waals surface area contributed by atoms with E-state index in [0.29, 0.717) is 12.5 Å². The average Bonchev–Trinajstić information content (AvgIpc) is 2.98. The van der Waals surface area contributed by atoms with Crippen LogP contribution in [0.15, 0.2) is 0 Å². The highest BCUT2D eigenvalue weighted by molar-refractivity contribution is 5.79. The number of likely N-dealkylation sites (N-methyl/N-ethyl adjacent to an activating group) is 1. The second-order valence-corrected chi connectivity index (χ2v) is 5.34. The van der Waals surface area contributed by atoms with E-state index in [4.69, 9.17) is 5.73 Å². The molecule has 1 unspecified atom stereocenters. The monoisotopic (exact) mass is 228 g/mol. The van der Waals surface area contributed by atoms with Gasteiger partial charge < -0.3 is 15.7 Å². The van der Waals surface area contributed by atoms with Gasteiger partial charge in [0.25, 0.3) is 0 Å². The number of nitrogens with two attached hydrogens (primary N) is 1. The first kappa shape index (κ1) is 13.5. The van der Waals surface area contributed by atoms with E-state index in [1.807, 2.05) is 0 Å². The molecule has 1 aliphatic rings. The van der Waals surface area contributed by atoms with Crippen LogP contribution in [0, 0.1) is 11.8 Å². The lowest BCUT2D eigenvalue weighted by Gasteiger charge is -2.32. The minimum atomic E-state index is -1.04. The number of carboxylic acids is 1. The van der Waals surface area contributed by atoms with Crippen LogP contribution in [0.4, 0.5) is 0 Å². The first-order valence-electron chi connectivity index (χ1n) is 6.14. The van der Waals surface area contributed by atoms with Gasteiger partial charge in [-0.05, 0) is 31.2 Å². The van der Waals surface area contributed by atoms with Crippen LogP contribution in [0.2, 0.25) is 0 Å². The number of carboxylic acid groups (broad SMARTS) is 1. The molecule has 0 amide bonds. The van der Waals surface area contributed by atoms with Crippen LogP contribution in [0.1, 0.15) is 33.6 Å². The largest absolute Gasteiger partial charge is 0.480 e. The molecule has 0 spiro atoms. The first-order chi connectivity index (χ1) is 7.40. The maximum Gasteiger partial charge on any atom is 0.325 e. The smallest absolute Gasteiger partial charge is 0.325 e. The van der Waals surface area contributed by atoms with Crippen LogP contribution in [0.25, 0.3) is 0 Å². The molecule has 0 heterocycles. The highest BCUT2D eigenvalue weighted by atomic mass is 16.4. The molecule has 1 rings (SSSR count). The van der Waals surface area contributed by atoms with Gasteiger partial charge in [-0.2, -0.15) is 0 Å². The highest BCUT2D eigenvalue weighted by Gasteiger charge is 2.48. The van der Waals surface area contributed by atoms with Gasteiger partial charge in [0, 0.05) is 13.1 Å².